The predicted octanol–water partition coefficient (Wildman–Crippen LogP) is 4.18. The normalized spacial score (nSPS) is 13.1. The number of ether oxygens (including phenoxy) is 1. The Morgan fingerprint density at radius 1 is 0.842 bits per heavy atom. The van der Waals surface area contributed by atoms with Crippen molar-refractivity contribution in [1.29, 1.82) is 0 Å². The van der Waals surface area contributed by atoms with Crippen LogP contribution in [0.5, 0.6) is 5.75 Å². The molecule has 1 aliphatic rings. The van der Waals surface area contributed by atoms with Crippen LogP contribution in [0.15, 0.2) is 95.9 Å². The number of rotatable bonds is 8. The van der Waals surface area contributed by atoms with Crippen molar-refractivity contribution in [3.05, 3.63) is 135 Å². The first-order valence-electron chi connectivity index (χ1n) is 12.7. The van der Waals surface area contributed by atoms with E-state index in [1.807, 2.05) is 54.6 Å². The van der Waals surface area contributed by atoms with Crippen LogP contribution in [0.4, 0.5) is 0 Å². The average molecular weight is 510 g/mol. The Balaban J connectivity index is 1.69. The lowest BCUT2D eigenvalue weighted by Crippen LogP contribution is -2.56. The van der Waals surface area contributed by atoms with E-state index < -0.39 is 0 Å². The lowest BCUT2D eigenvalue weighted by atomic mass is 9.91. The fourth-order valence-corrected chi connectivity index (χ4v) is 5.02. The molecule has 0 spiro atoms. The van der Waals surface area contributed by atoms with E-state index in [2.05, 4.69) is 43.1 Å². The second-order valence-corrected chi connectivity index (χ2v) is 9.47. The first kappa shape index (κ1) is 25.3. The van der Waals surface area contributed by atoms with Gasteiger partial charge in [0.15, 0.2) is 11.4 Å². The van der Waals surface area contributed by atoms with Gasteiger partial charge >= 0.3 is 0 Å². The van der Waals surface area contributed by atoms with Gasteiger partial charge in [-0.25, -0.2) is 0 Å². The third-order valence-corrected chi connectivity index (χ3v) is 6.98. The molecule has 1 aromatic heterocycles. The zero-order valence-corrected chi connectivity index (χ0v) is 21.6. The number of aromatic nitrogens is 1. The highest BCUT2D eigenvalue weighted by Gasteiger charge is 2.37. The monoisotopic (exact) mass is 509 g/mol. The molecule has 2 heterocycles. The molecule has 0 unspecified atom stereocenters. The van der Waals surface area contributed by atoms with Gasteiger partial charge in [-0.15, -0.1) is 0 Å². The second-order valence-electron chi connectivity index (χ2n) is 9.47. The Hall–Kier alpha value is -4.36. The molecule has 5 rings (SSSR count). The minimum atomic E-state index is -0.366. The van der Waals surface area contributed by atoms with Crippen molar-refractivity contribution in [2.24, 2.45) is 0 Å². The van der Waals surface area contributed by atoms with Crippen molar-refractivity contribution < 1.29 is 14.6 Å². The van der Waals surface area contributed by atoms with Crippen LogP contribution in [-0.2, 0) is 6.61 Å². The number of hydrogen-bond acceptors (Lipinski definition) is 5. The fourth-order valence-electron chi connectivity index (χ4n) is 5.02. The summed E-state index contributed by atoms with van der Waals surface area (Å²) in [6.45, 7) is 4.45. The number of β-amino-alcohol motifs (C(OH)–C–C–N with tert-alkyl or cyclic N) is 1. The van der Waals surface area contributed by atoms with Gasteiger partial charge in [-0.3, -0.25) is 19.3 Å². The summed E-state index contributed by atoms with van der Waals surface area (Å²) < 4.78 is 7.79. The molecular formula is C31H31N3O4. The highest BCUT2D eigenvalue weighted by Crippen LogP contribution is 2.35. The van der Waals surface area contributed by atoms with Crippen molar-refractivity contribution in [3.8, 4) is 5.75 Å². The maximum absolute atomic E-state index is 13.7. The van der Waals surface area contributed by atoms with Crippen LogP contribution >= 0.6 is 0 Å². The molecule has 0 aliphatic carbocycles. The first-order valence-corrected chi connectivity index (χ1v) is 12.7. The molecule has 0 radical (unpaired) electrons. The SMILES string of the molecule is Cc1ccccc1C(c1ccccc1C)N1CN(CCO)C(=O)c2c(OCc3ccccc3)c(=O)ccn21. The molecular weight excluding hydrogens is 478 g/mol. The maximum atomic E-state index is 13.7. The Kier molecular flexibility index (Phi) is 7.29. The molecule has 0 fully saturated rings. The van der Waals surface area contributed by atoms with Crippen LogP contribution in [-0.4, -0.2) is 40.4 Å². The molecule has 0 bridgehead atoms. The van der Waals surface area contributed by atoms with E-state index in [0.717, 1.165) is 27.8 Å². The number of fused-ring (bicyclic) bond motifs is 1. The summed E-state index contributed by atoms with van der Waals surface area (Å²) in [6.07, 6.45) is 1.64. The van der Waals surface area contributed by atoms with Crippen LogP contribution < -0.4 is 15.2 Å². The quantitative estimate of drug-likeness (QED) is 0.386. The van der Waals surface area contributed by atoms with E-state index in [1.165, 1.54) is 6.07 Å². The summed E-state index contributed by atoms with van der Waals surface area (Å²) >= 11 is 0. The molecule has 3 aromatic carbocycles. The van der Waals surface area contributed by atoms with Crippen molar-refractivity contribution >= 4 is 5.91 Å². The van der Waals surface area contributed by atoms with Crippen LogP contribution in [0.2, 0.25) is 0 Å². The standard InChI is InChI=1S/C31H31N3O4/c1-22-10-6-8-14-25(22)28(26-15-9-7-11-23(26)2)34-21-32(18-19-35)31(37)29-30(27(36)16-17-33(29)34)38-20-24-12-4-3-5-13-24/h3-17,28,35H,18-21H2,1-2H3. The van der Waals surface area contributed by atoms with Crippen LogP contribution in [0.1, 0.15) is 44.3 Å². The number of aliphatic hydroxyl groups is 1. The highest BCUT2D eigenvalue weighted by molar-refractivity contribution is 5.96. The van der Waals surface area contributed by atoms with E-state index in [4.69, 9.17) is 4.74 Å². The Labute approximate surface area is 222 Å². The summed E-state index contributed by atoms with van der Waals surface area (Å²) in [7, 11) is 0. The zero-order chi connectivity index (χ0) is 26.6. The summed E-state index contributed by atoms with van der Waals surface area (Å²) in [4.78, 5) is 28.3. The van der Waals surface area contributed by atoms with Crippen LogP contribution in [0.3, 0.4) is 0 Å². The number of carbonyl (C=O) groups is 1. The summed E-state index contributed by atoms with van der Waals surface area (Å²) in [5, 5.41) is 11.9. The molecule has 1 amide bonds. The van der Waals surface area contributed by atoms with Gasteiger partial charge in [-0.1, -0.05) is 78.9 Å². The molecule has 0 saturated heterocycles. The van der Waals surface area contributed by atoms with Crippen molar-refractivity contribution in [1.82, 2.24) is 9.58 Å². The average Bonchev–Trinajstić information content (AvgIpc) is 2.93. The third-order valence-electron chi connectivity index (χ3n) is 6.98. The number of carbonyl (C=O) groups excluding carboxylic acids is 1. The van der Waals surface area contributed by atoms with Crippen molar-refractivity contribution in [2.45, 2.75) is 26.5 Å². The fraction of sp³-hybridized carbons (Fsp3) is 0.226. The zero-order valence-electron chi connectivity index (χ0n) is 21.6. The van der Waals surface area contributed by atoms with Gasteiger partial charge in [0.1, 0.15) is 13.3 Å². The minimum absolute atomic E-state index is 0.00214. The van der Waals surface area contributed by atoms with Gasteiger partial charge in [0.05, 0.1) is 12.6 Å². The first-order chi connectivity index (χ1) is 18.5. The van der Waals surface area contributed by atoms with Gasteiger partial charge in [0.2, 0.25) is 5.43 Å². The third kappa shape index (κ3) is 4.80. The maximum Gasteiger partial charge on any atom is 0.277 e. The summed E-state index contributed by atoms with van der Waals surface area (Å²) in [5.74, 6) is -0.355. The summed E-state index contributed by atoms with van der Waals surface area (Å²) in [5.41, 5.74) is 5.05. The van der Waals surface area contributed by atoms with Gasteiger partial charge in [-0.2, -0.15) is 0 Å². The van der Waals surface area contributed by atoms with E-state index in [1.54, 1.807) is 15.8 Å². The lowest BCUT2D eigenvalue weighted by Gasteiger charge is -2.44. The summed E-state index contributed by atoms with van der Waals surface area (Å²) in [6, 6.07) is 27.1. The molecule has 1 N–H and O–H groups in total. The highest BCUT2D eigenvalue weighted by atomic mass is 16.5. The van der Waals surface area contributed by atoms with Gasteiger partial charge in [-0.05, 0) is 41.7 Å². The van der Waals surface area contributed by atoms with Gasteiger partial charge in [0, 0.05) is 18.8 Å². The number of hydrogen-bond donors (Lipinski definition) is 1. The topological polar surface area (TPSA) is 75.0 Å². The molecule has 38 heavy (non-hydrogen) atoms. The van der Waals surface area contributed by atoms with E-state index >= 15 is 0 Å². The van der Waals surface area contributed by atoms with Crippen LogP contribution in [0.25, 0.3) is 0 Å². The second kappa shape index (κ2) is 10.9. The lowest BCUT2D eigenvalue weighted by molar-refractivity contribution is 0.0639. The number of amides is 1. The van der Waals surface area contributed by atoms with Gasteiger partial charge < -0.3 is 14.7 Å². The smallest absolute Gasteiger partial charge is 0.277 e. The number of pyridine rings is 1. The number of aryl methyl sites for hydroxylation is 2. The largest absolute Gasteiger partial charge is 0.482 e. The Bertz CT molecular complexity index is 1450. The molecule has 1 aliphatic heterocycles. The molecule has 4 aromatic rings. The number of aliphatic hydroxyl groups excluding tert-OH is 1. The van der Waals surface area contributed by atoms with Gasteiger partial charge in [0.25, 0.3) is 5.91 Å². The number of benzene rings is 3. The van der Waals surface area contributed by atoms with E-state index in [9.17, 15) is 14.7 Å². The molecule has 7 nitrogen and oxygen atoms in total. The molecule has 194 valence electrons. The molecule has 7 heteroatoms. The minimum Gasteiger partial charge on any atom is -0.482 e. The van der Waals surface area contributed by atoms with E-state index in [0.29, 0.717) is 0 Å². The Morgan fingerprint density at radius 2 is 1.45 bits per heavy atom. The van der Waals surface area contributed by atoms with Crippen molar-refractivity contribution in [3.63, 3.8) is 0 Å². The molecule has 0 atom stereocenters. The van der Waals surface area contributed by atoms with Crippen molar-refractivity contribution in [2.75, 3.05) is 24.8 Å². The Morgan fingerprint density at radius 3 is 2.05 bits per heavy atom. The van der Waals surface area contributed by atoms with Crippen LogP contribution in [0, 0.1) is 13.8 Å². The number of nitrogens with zero attached hydrogens (tertiary/aromatic N) is 3. The predicted molar refractivity (Wildman–Crippen MR) is 147 cm³/mol. The van der Waals surface area contributed by atoms with E-state index in [-0.39, 0.29) is 55.2 Å². The molecule has 0 saturated carbocycles.